The number of ketones is 1. The molecule has 0 aliphatic heterocycles. The molecule has 17 heavy (non-hydrogen) atoms. The maximum absolute atomic E-state index is 12.5. The molecule has 3 atom stereocenters. The van der Waals surface area contributed by atoms with Crippen molar-refractivity contribution in [3.63, 3.8) is 0 Å². The van der Waals surface area contributed by atoms with Gasteiger partial charge in [-0.2, -0.15) is 0 Å². The minimum Gasteiger partial charge on any atom is -0.372 e. The maximum atomic E-state index is 12.5. The monoisotopic (exact) mass is 234 g/mol. The van der Waals surface area contributed by atoms with Crippen molar-refractivity contribution >= 4 is 5.78 Å². The Bertz CT molecular complexity index is 324. The van der Waals surface area contributed by atoms with Crippen LogP contribution in [0.2, 0.25) is 0 Å². The van der Waals surface area contributed by atoms with Gasteiger partial charge in [-0.05, 0) is 25.2 Å². The van der Waals surface area contributed by atoms with Crippen molar-refractivity contribution in [1.82, 2.24) is 0 Å². The number of carbonyl (C=O) groups is 1. The van der Waals surface area contributed by atoms with E-state index in [-0.39, 0.29) is 23.2 Å². The third kappa shape index (κ3) is 1.89. The van der Waals surface area contributed by atoms with Crippen molar-refractivity contribution in [3.8, 4) is 0 Å². The minimum atomic E-state index is -0.378. The van der Waals surface area contributed by atoms with Gasteiger partial charge in [0, 0.05) is 18.4 Å². The van der Waals surface area contributed by atoms with Gasteiger partial charge in [0.2, 0.25) is 0 Å². The number of methoxy groups -OCH3 is 1. The van der Waals surface area contributed by atoms with E-state index in [0.717, 1.165) is 19.3 Å². The number of fused-ring (bicyclic) bond motifs is 1. The second kappa shape index (κ2) is 4.77. The van der Waals surface area contributed by atoms with Gasteiger partial charge in [-0.3, -0.25) is 4.79 Å². The van der Waals surface area contributed by atoms with E-state index in [4.69, 9.17) is 4.74 Å². The Labute approximate surface area is 104 Å². The topological polar surface area (TPSA) is 26.3 Å². The first-order valence-corrected chi connectivity index (χ1v) is 6.52. The molecule has 0 bridgehead atoms. The van der Waals surface area contributed by atoms with Crippen LogP contribution in [0, 0.1) is 17.3 Å². The molecule has 2 saturated carbocycles. The summed E-state index contributed by atoms with van der Waals surface area (Å²) in [6.07, 6.45) is 8.93. The third-order valence-electron chi connectivity index (χ3n) is 4.63. The summed E-state index contributed by atoms with van der Waals surface area (Å²) in [6, 6.07) is 0. The number of hydrogen-bond donors (Lipinski definition) is 0. The first-order chi connectivity index (χ1) is 8.18. The van der Waals surface area contributed by atoms with Gasteiger partial charge in [-0.1, -0.05) is 25.0 Å². The highest BCUT2D eigenvalue weighted by Crippen LogP contribution is 2.48. The summed E-state index contributed by atoms with van der Waals surface area (Å²) >= 11 is 0. The second-order valence-electron chi connectivity index (χ2n) is 5.39. The Morgan fingerprint density at radius 3 is 2.53 bits per heavy atom. The van der Waals surface area contributed by atoms with E-state index in [0.29, 0.717) is 5.92 Å². The molecule has 0 N–H and O–H groups in total. The van der Waals surface area contributed by atoms with E-state index in [1.54, 1.807) is 7.11 Å². The lowest BCUT2D eigenvalue weighted by molar-refractivity contribution is -0.147. The van der Waals surface area contributed by atoms with Crippen LogP contribution in [0.3, 0.4) is 0 Å². The summed E-state index contributed by atoms with van der Waals surface area (Å²) in [4.78, 5) is 12.5. The van der Waals surface area contributed by atoms with Crippen molar-refractivity contribution in [2.45, 2.75) is 38.2 Å². The molecule has 2 nitrogen and oxygen atoms in total. The van der Waals surface area contributed by atoms with Gasteiger partial charge in [0.05, 0.1) is 0 Å². The van der Waals surface area contributed by atoms with Crippen molar-refractivity contribution < 1.29 is 9.53 Å². The van der Waals surface area contributed by atoms with E-state index in [2.05, 4.69) is 13.2 Å². The predicted octanol–water partition coefficient (Wildman–Crippen LogP) is 3.14. The fourth-order valence-electron chi connectivity index (χ4n) is 3.65. The molecular formula is C15H22O2. The fraction of sp³-hybridized carbons (Fsp3) is 0.667. The van der Waals surface area contributed by atoms with Crippen molar-refractivity contribution in [1.29, 1.82) is 0 Å². The molecule has 0 amide bonds. The summed E-state index contributed by atoms with van der Waals surface area (Å²) in [5.41, 5.74) is -0.357. The molecule has 0 spiro atoms. The van der Waals surface area contributed by atoms with Crippen LogP contribution in [-0.4, -0.2) is 19.0 Å². The normalized spacial score (nSPS) is 36.1. The molecular weight excluding hydrogens is 212 g/mol. The van der Waals surface area contributed by atoms with Gasteiger partial charge in [0.15, 0.2) is 5.78 Å². The molecule has 0 aromatic carbocycles. The summed E-state index contributed by atoms with van der Waals surface area (Å²) in [7, 11) is 1.62. The van der Waals surface area contributed by atoms with E-state index < -0.39 is 0 Å². The lowest BCUT2D eigenvalue weighted by Crippen LogP contribution is -2.51. The highest BCUT2D eigenvalue weighted by molar-refractivity contribution is 5.88. The molecule has 2 heteroatoms. The standard InChI is InChI=1S/C15H22O2/c1-4-15(5-2)10-11-8-6-7-9-12(11)13(16)14(15)17-3/h4-5,11-12,14H,1-2,6-10H2,3H3/t11-,12+,14+/m1/s1. The quantitative estimate of drug-likeness (QED) is 0.701. The Morgan fingerprint density at radius 2 is 1.94 bits per heavy atom. The van der Waals surface area contributed by atoms with Crippen LogP contribution < -0.4 is 0 Å². The zero-order chi connectivity index (χ0) is 12.5. The van der Waals surface area contributed by atoms with Crippen LogP contribution in [0.15, 0.2) is 25.3 Å². The summed E-state index contributed by atoms with van der Waals surface area (Å²) in [5.74, 6) is 0.976. The number of ether oxygens (including phenoxy) is 1. The lowest BCUT2D eigenvalue weighted by Gasteiger charge is -2.47. The van der Waals surface area contributed by atoms with Crippen molar-refractivity contribution in [2.75, 3.05) is 7.11 Å². The van der Waals surface area contributed by atoms with Crippen LogP contribution in [0.25, 0.3) is 0 Å². The Kier molecular flexibility index (Phi) is 3.53. The van der Waals surface area contributed by atoms with Gasteiger partial charge >= 0.3 is 0 Å². The third-order valence-corrected chi connectivity index (χ3v) is 4.63. The molecule has 2 fully saturated rings. The Balaban J connectivity index is 2.33. The van der Waals surface area contributed by atoms with Gasteiger partial charge in [0.1, 0.15) is 6.10 Å². The van der Waals surface area contributed by atoms with Gasteiger partial charge in [-0.15, -0.1) is 13.2 Å². The smallest absolute Gasteiger partial charge is 0.166 e. The van der Waals surface area contributed by atoms with Crippen LogP contribution in [0.1, 0.15) is 32.1 Å². The molecule has 0 aromatic rings. The molecule has 0 saturated heterocycles. The van der Waals surface area contributed by atoms with Crippen LogP contribution in [0.5, 0.6) is 0 Å². The van der Waals surface area contributed by atoms with Gasteiger partial charge in [0.25, 0.3) is 0 Å². The van der Waals surface area contributed by atoms with E-state index in [1.165, 1.54) is 12.8 Å². The summed E-state index contributed by atoms with van der Waals surface area (Å²) < 4.78 is 5.46. The second-order valence-corrected chi connectivity index (χ2v) is 5.39. The van der Waals surface area contributed by atoms with Gasteiger partial charge in [-0.25, -0.2) is 0 Å². The van der Waals surface area contributed by atoms with E-state index >= 15 is 0 Å². The molecule has 0 unspecified atom stereocenters. The average Bonchev–Trinajstić information content (AvgIpc) is 2.38. The Morgan fingerprint density at radius 1 is 1.29 bits per heavy atom. The number of rotatable bonds is 3. The number of hydrogen-bond acceptors (Lipinski definition) is 2. The van der Waals surface area contributed by atoms with E-state index in [1.807, 2.05) is 12.2 Å². The molecule has 94 valence electrons. The largest absolute Gasteiger partial charge is 0.372 e. The van der Waals surface area contributed by atoms with Crippen LogP contribution in [-0.2, 0) is 9.53 Å². The van der Waals surface area contributed by atoms with Gasteiger partial charge < -0.3 is 4.74 Å². The summed E-state index contributed by atoms with van der Waals surface area (Å²) in [6.45, 7) is 7.79. The molecule has 0 radical (unpaired) electrons. The van der Waals surface area contributed by atoms with Crippen LogP contribution in [0.4, 0.5) is 0 Å². The zero-order valence-electron chi connectivity index (χ0n) is 10.7. The molecule has 2 aliphatic rings. The predicted molar refractivity (Wildman–Crippen MR) is 68.7 cm³/mol. The van der Waals surface area contributed by atoms with Crippen molar-refractivity contribution in [2.24, 2.45) is 17.3 Å². The first-order valence-electron chi connectivity index (χ1n) is 6.52. The molecule has 2 rings (SSSR count). The molecule has 0 heterocycles. The average molecular weight is 234 g/mol. The van der Waals surface area contributed by atoms with E-state index in [9.17, 15) is 4.79 Å². The number of carbonyl (C=O) groups excluding carboxylic acids is 1. The SMILES string of the molecule is C=CC1(C=C)C[C@H]2CCCC[C@@H]2C(=O)[C@@H]1OC. The number of Topliss-reactive ketones (excluding diaryl/α,β-unsaturated/α-hetero) is 1. The molecule has 2 aliphatic carbocycles. The Hall–Kier alpha value is -0.890. The van der Waals surface area contributed by atoms with Crippen molar-refractivity contribution in [3.05, 3.63) is 25.3 Å². The highest BCUT2D eigenvalue weighted by Gasteiger charge is 2.50. The minimum absolute atomic E-state index is 0.210. The zero-order valence-corrected chi connectivity index (χ0v) is 10.7. The fourth-order valence-corrected chi connectivity index (χ4v) is 3.65. The van der Waals surface area contributed by atoms with Crippen LogP contribution >= 0.6 is 0 Å². The summed E-state index contributed by atoms with van der Waals surface area (Å²) in [5, 5.41) is 0. The lowest BCUT2D eigenvalue weighted by atomic mass is 9.59. The first kappa shape index (κ1) is 12.6. The highest BCUT2D eigenvalue weighted by atomic mass is 16.5. The molecule has 0 aromatic heterocycles. The maximum Gasteiger partial charge on any atom is 0.166 e.